The fourth-order valence-electron chi connectivity index (χ4n) is 2.88. The first-order valence-electron chi connectivity index (χ1n) is 6.37. The topological polar surface area (TPSA) is 33.3 Å². The second-order valence-electron chi connectivity index (χ2n) is 4.91. The van der Waals surface area contributed by atoms with Gasteiger partial charge in [-0.25, -0.2) is 0 Å². The molecule has 3 unspecified atom stereocenters. The summed E-state index contributed by atoms with van der Waals surface area (Å²) in [7, 11) is 1.84. The van der Waals surface area contributed by atoms with Crippen LogP contribution in [0.5, 0.6) is 0 Å². The van der Waals surface area contributed by atoms with E-state index in [0.717, 1.165) is 12.5 Å². The molecule has 0 radical (unpaired) electrons. The minimum absolute atomic E-state index is 0.465. The zero-order valence-electron chi connectivity index (χ0n) is 9.80. The molecule has 3 atom stereocenters. The third-order valence-corrected chi connectivity index (χ3v) is 3.88. The second-order valence-corrected chi connectivity index (χ2v) is 4.91. The molecule has 0 spiro atoms. The van der Waals surface area contributed by atoms with Gasteiger partial charge in [-0.1, -0.05) is 0 Å². The largest absolute Gasteiger partial charge is 0.380 e. The Morgan fingerprint density at radius 2 is 2.27 bits per heavy atom. The van der Waals surface area contributed by atoms with Crippen molar-refractivity contribution in [3.8, 4) is 0 Å². The Labute approximate surface area is 93.0 Å². The fourth-order valence-corrected chi connectivity index (χ4v) is 2.88. The lowest BCUT2D eigenvalue weighted by Crippen LogP contribution is -2.37. The average molecular weight is 212 g/mol. The Hall–Kier alpha value is -0.120. The molecule has 0 amide bonds. The summed E-state index contributed by atoms with van der Waals surface area (Å²) in [6, 6.07) is 0.615. The average Bonchev–Trinajstić information content (AvgIpc) is 2.88. The standard InChI is InChI=1S/C12H24N2O/c1-15-12-4-2-3-11(12)14-8-6-10-5-7-13-9-10/h10-14H,2-9H2,1H3. The molecule has 0 aromatic carbocycles. The van der Waals surface area contributed by atoms with Crippen LogP contribution in [0.2, 0.25) is 0 Å². The Balaban J connectivity index is 1.60. The van der Waals surface area contributed by atoms with E-state index in [9.17, 15) is 0 Å². The van der Waals surface area contributed by atoms with Gasteiger partial charge in [0.15, 0.2) is 0 Å². The highest BCUT2D eigenvalue weighted by atomic mass is 16.5. The van der Waals surface area contributed by atoms with E-state index in [1.54, 1.807) is 0 Å². The number of methoxy groups -OCH3 is 1. The summed E-state index contributed by atoms with van der Waals surface area (Å²) < 4.78 is 5.47. The van der Waals surface area contributed by atoms with Gasteiger partial charge in [0.2, 0.25) is 0 Å². The van der Waals surface area contributed by atoms with E-state index in [1.165, 1.54) is 45.2 Å². The Morgan fingerprint density at radius 3 is 3.00 bits per heavy atom. The fraction of sp³-hybridized carbons (Fsp3) is 1.00. The van der Waals surface area contributed by atoms with Crippen LogP contribution >= 0.6 is 0 Å². The van der Waals surface area contributed by atoms with Gasteiger partial charge in [-0.05, 0) is 57.7 Å². The molecular formula is C12H24N2O. The van der Waals surface area contributed by atoms with E-state index in [1.807, 2.05) is 7.11 Å². The van der Waals surface area contributed by atoms with Crippen LogP contribution in [0.1, 0.15) is 32.1 Å². The first-order valence-corrected chi connectivity index (χ1v) is 6.37. The first-order chi connectivity index (χ1) is 7.40. The van der Waals surface area contributed by atoms with E-state index in [4.69, 9.17) is 4.74 Å². The summed E-state index contributed by atoms with van der Waals surface area (Å²) >= 11 is 0. The number of rotatable bonds is 5. The molecule has 3 nitrogen and oxygen atoms in total. The van der Waals surface area contributed by atoms with Gasteiger partial charge in [-0.2, -0.15) is 0 Å². The number of hydrogen-bond donors (Lipinski definition) is 2. The summed E-state index contributed by atoms with van der Waals surface area (Å²) in [6.07, 6.45) is 6.99. The Kier molecular flexibility index (Phi) is 4.42. The van der Waals surface area contributed by atoms with Crippen molar-refractivity contribution in [3.63, 3.8) is 0 Å². The molecule has 1 heterocycles. The summed E-state index contributed by atoms with van der Waals surface area (Å²) in [5.74, 6) is 0.903. The van der Waals surface area contributed by atoms with Crippen molar-refractivity contribution in [3.05, 3.63) is 0 Å². The van der Waals surface area contributed by atoms with Gasteiger partial charge >= 0.3 is 0 Å². The first kappa shape index (κ1) is 11.4. The van der Waals surface area contributed by atoms with Crippen LogP contribution in [0, 0.1) is 5.92 Å². The Morgan fingerprint density at radius 1 is 1.33 bits per heavy atom. The lowest BCUT2D eigenvalue weighted by molar-refractivity contribution is 0.0849. The molecule has 15 heavy (non-hydrogen) atoms. The SMILES string of the molecule is COC1CCCC1NCCC1CCNC1. The quantitative estimate of drug-likeness (QED) is 0.717. The van der Waals surface area contributed by atoms with E-state index in [0.29, 0.717) is 12.1 Å². The molecule has 2 aliphatic rings. The van der Waals surface area contributed by atoms with Crippen molar-refractivity contribution in [2.45, 2.75) is 44.2 Å². The highest BCUT2D eigenvalue weighted by Crippen LogP contribution is 2.21. The van der Waals surface area contributed by atoms with Gasteiger partial charge in [-0.15, -0.1) is 0 Å². The smallest absolute Gasteiger partial charge is 0.0724 e. The molecule has 0 bridgehead atoms. The van der Waals surface area contributed by atoms with Crippen LogP contribution in [0.25, 0.3) is 0 Å². The second kappa shape index (κ2) is 5.83. The number of nitrogens with one attached hydrogen (secondary N) is 2. The molecule has 1 aliphatic heterocycles. The van der Waals surface area contributed by atoms with Gasteiger partial charge in [0.05, 0.1) is 6.10 Å². The molecule has 0 aromatic heterocycles. The lowest BCUT2D eigenvalue weighted by Gasteiger charge is -2.20. The molecule has 1 saturated heterocycles. The third kappa shape index (κ3) is 3.16. The molecule has 1 aliphatic carbocycles. The summed E-state index contributed by atoms with van der Waals surface area (Å²) in [5.41, 5.74) is 0. The van der Waals surface area contributed by atoms with Crippen LogP contribution in [0.3, 0.4) is 0 Å². The highest BCUT2D eigenvalue weighted by molar-refractivity contribution is 4.84. The van der Waals surface area contributed by atoms with Gasteiger partial charge < -0.3 is 15.4 Å². The number of ether oxygens (including phenoxy) is 1. The predicted molar refractivity (Wildman–Crippen MR) is 62.0 cm³/mol. The summed E-state index contributed by atoms with van der Waals surface area (Å²) in [6.45, 7) is 3.60. The maximum absolute atomic E-state index is 5.47. The molecule has 2 N–H and O–H groups in total. The molecule has 2 fully saturated rings. The normalized spacial score (nSPS) is 36.2. The lowest BCUT2D eigenvalue weighted by atomic mass is 10.0. The zero-order chi connectivity index (χ0) is 10.5. The molecule has 1 saturated carbocycles. The van der Waals surface area contributed by atoms with Gasteiger partial charge in [-0.3, -0.25) is 0 Å². The van der Waals surface area contributed by atoms with Crippen LogP contribution in [0.15, 0.2) is 0 Å². The van der Waals surface area contributed by atoms with E-state index < -0.39 is 0 Å². The Bertz CT molecular complexity index is 180. The maximum atomic E-state index is 5.47. The highest BCUT2D eigenvalue weighted by Gasteiger charge is 2.26. The zero-order valence-corrected chi connectivity index (χ0v) is 9.80. The van der Waals surface area contributed by atoms with Gasteiger partial charge in [0.1, 0.15) is 0 Å². The van der Waals surface area contributed by atoms with Crippen LogP contribution in [-0.4, -0.2) is 38.9 Å². The minimum Gasteiger partial charge on any atom is -0.380 e. The van der Waals surface area contributed by atoms with E-state index in [-0.39, 0.29) is 0 Å². The molecule has 2 rings (SSSR count). The van der Waals surface area contributed by atoms with E-state index >= 15 is 0 Å². The van der Waals surface area contributed by atoms with Crippen molar-refractivity contribution >= 4 is 0 Å². The summed E-state index contributed by atoms with van der Waals surface area (Å²) in [5, 5.41) is 7.07. The van der Waals surface area contributed by atoms with Gasteiger partial charge in [0.25, 0.3) is 0 Å². The van der Waals surface area contributed by atoms with E-state index in [2.05, 4.69) is 10.6 Å². The number of hydrogen-bond acceptors (Lipinski definition) is 3. The van der Waals surface area contributed by atoms with Crippen molar-refractivity contribution in [1.82, 2.24) is 10.6 Å². The van der Waals surface area contributed by atoms with Crippen LogP contribution < -0.4 is 10.6 Å². The molecular weight excluding hydrogens is 188 g/mol. The van der Waals surface area contributed by atoms with Crippen molar-refractivity contribution in [1.29, 1.82) is 0 Å². The van der Waals surface area contributed by atoms with Crippen molar-refractivity contribution in [2.24, 2.45) is 5.92 Å². The van der Waals surface area contributed by atoms with Crippen molar-refractivity contribution < 1.29 is 4.74 Å². The molecule has 88 valence electrons. The minimum atomic E-state index is 0.465. The molecule has 0 aromatic rings. The van der Waals surface area contributed by atoms with Crippen molar-refractivity contribution in [2.75, 3.05) is 26.7 Å². The van der Waals surface area contributed by atoms with Crippen LogP contribution in [-0.2, 0) is 4.74 Å². The molecule has 3 heteroatoms. The van der Waals surface area contributed by atoms with Gasteiger partial charge in [0, 0.05) is 13.2 Å². The third-order valence-electron chi connectivity index (χ3n) is 3.88. The summed E-state index contributed by atoms with van der Waals surface area (Å²) in [4.78, 5) is 0. The maximum Gasteiger partial charge on any atom is 0.0724 e. The predicted octanol–water partition coefficient (Wildman–Crippen LogP) is 1.14. The van der Waals surface area contributed by atoms with Crippen LogP contribution in [0.4, 0.5) is 0 Å². The monoisotopic (exact) mass is 212 g/mol.